The van der Waals surface area contributed by atoms with Crippen molar-refractivity contribution in [3.05, 3.63) is 21.9 Å². The summed E-state index contributed by atoms with van der Waals surface area (Å²) in [5.74, 6) is 1.68. The molecule has 1 unspecified atom stereocenters. The molecule has 0 amide bonds. The minimum Gasteiger partial charge on any atom is -0.357 e. The summed E-state index contributed by atoms with van der Waals surface area (Å²) >= 11 is 1.78. The number of likely N-dealkylation sites (tertiary alicyclic amines) is 1. The quantitative estimate of drug-likeness (QED) is 0.436. The van der Waals surface area contributed by atoms with Crippen LogP contribution in [0.1, 0.15) is 23.8 Å². The fourth-order valence-corrected chi connectivity index (χ4v) is 3.32. The standard InChI is InChI=1S/C15H26N4S.HI/c1-4-16-15(17-9-13-5-7-19(3)11-13)18-10-14-12(2)6-8-20-14;/h6,8,13H,4-5,7,9-11H2,1-3H3,(H2,16,17,18);1H. The molecule has 1 fully saturated rings. The van der Waals surface area contributed by atoms with E-state index < -0.39 is 0 Å². The normalized spacial score (nSPS) is 19.4. The lowest BCUT2D eigenvalue weighted by molar-refractivity contribution is 0.394. The Morgan fingerprint density at radius 2 is 2.29 bits per heavy atom. The zero-order chi connectivity index (χ0) is 14.4. The molecule has 0 aromatic carbocycles. The lowest BCUT2D eigenvalue weighted by Crippen LogP contribution is -2.40. The Labute approximate surface area is 149 Å². The molecule has 1 aromatic heterocycles. The second kappa shape index (κ2) is 9.63. The maximum Gasteiger partial charge on any atom is 0.191 e. The summed E-state index contributed by atoms with van der Waals surface area (Å²) in [6.07, 6.45) is 1.28. The summed E-state index contributed by atoms with van der Waals surface area (Å²) in [4.78, 5) is 8.43. The molecule has 2 heterocycles. The highest BCUT2D eigenvalue weighted by Crippen LogP contribution is 2.16. The van der Waals surface area contributed by atoms with E-state index in [1.54, 1.807) is 11.3 Å². The van der Waals surface area contributed by atoms with Gasteiger partial charge >= 0.3 is 0 Å². The van der Waals surface area contributed by atoms with E-state index in [-0.39, 0.29) is 24.0 Å². The lowest BCUT2D eigenvalue weighted by atomic mass is 10.1. The third kappa shape index (κ3) is 6.12. The summed E-state index contributed by atoms with van der Waals surface area (Å²) < 4.78 is 0. The predicted octanol–water partition coefficient (Wildman–Crippen LogP) is 2.68. The predicted molar refractivity (Wildman–Crippen MR) is 103 cm³/mol. The maximum atomic E-state index is 4.69. The number of nitrogens with zero attached hydrogens (tertiary/aromatic N) is 2. The first-order valence-electron chi connectivity index (χ1n) is 7.42. The van der Waals surface area contributed by atoms with Crippen LogP contribution >= 0.6 is 35.3 Å². The Bertz CT molecular complexity index is 447. The third-order valence-electron chi connectivity index (χ3n) is 3.74. The van der Waals surface area contributed by atoms with Crippen LogP contribution in [0.2, 0.25) is 0 Å². The highest BCUT2D eigenvalue weighted by atomic mass is 127. The first-order valence-corrected chi connectivity index (χ1v) is 8.30. The van der Waals surface area contributed by atoms with Gasteiger partial charge in [0.15, 0.2) is 5.96 Å². The van der Waals surface area contributed by atoms with E-state index in [1.165, 1.54) is 30.0 Å². The van der Waals surface area contributed by atoms with Crippen molar-refractivity contribution >= 4 is 41.3 Å². The molecule has 2 rings (SSSR count). The molecular formula is C15H27IN4S. The van der Waals surface area contributed by atoms with Gasteiger partial charge in [-0.3, -0.25) is 0 Å². The Hall–Kier alpha value is -0.340. The van der Waals surface area contributed by atoms with Gasteiger partial charge in [-0.1, -0.05) is 0 Å². The second-order valence-electron chi connectivity index (χ2n) is 5.52. The number of aryl methyl sites for hydroxylation is 1. The molecule has 0 saturated carbocycles. The molecule has 120 valence electrons. The van der Waals surface area contributed by atoms with Crippen LogP contribution in [0.15, 0.2) is 16.4 Å². The van der Waals surface area contributed by atoms with Crippen LogP contribution < -0.4 is 10.6 Å². The molecule has 2 N–H and O–H groups in total. The molecule has 1 aliphatic rings. The number of thiophene rings is 1. The van der Waals surface area contributed by atoms with Gasteiger partial charge in [0.25, 0.3) is 0 Å². The Balaban J connectivity index is 0.00000220. The van der Waals surface area contributed by atoms with E-state index in [2.05, 4.69) is 52.9 Å². The maximum absolute atomic E-state index is 4.69. The molecule has 1 atom stereocenters. The largest absolute Gasteiger partial charge is 0.357 e. The molecule has 6 heteroatoms. The highest BCUT2D eigenvalue weighted by molar-refractivity contribution is 14.0. The minimum atomic E-state index is 0. The van der Waals surface area contributed by atoms with Crippen LogP contribution in [-0.2, 0) is 6.54 Å². The lowest BCUT2D eigenvalue weighted by Gasteiger charge is -2.15. The van der Waals surface area contributed by atoms with Crippen LogP contribution in [-0.4, -0.2) is 44.1 Å². The van der Waals surface area contributed by atoms with Crippen LogP contribution in [0.3, 0.4) is 0 Å². The van der Waals surface area contributed by atoms with Crippen LogP contribution in [0.5, 0.6) is 0 Å². The van der Waals surface area contributed by atoms with Gasteiger partial charge in [-0.2, -0.15) is 0 Å². The van der Waals surface area contributed by atoms with Crippen molar-refractivity contribution in [1.82, 2.24) is 15.5 Å². The van der Waals surface area contributed by atoms with Crippen molar-refractivity contribution in [2.24, 2.45) is 10.9 Å². The average molecular weight is 422 g/mol. The number of guanidine groups is 1. The molecule has 0 spiro atoms. The number of hydrogen-bond acceptors (Lipinski definition) is 3. The monoisotopic (exact) mass is 422 g/mol. The average Bonchev–Trinajstić information content (AvgIpc) is 3.02. The number of rotatable bonds is 5. The molecular weight excluding hydrogens is 395 g/mol. The van der Waals surface area contributed by atoms with Crippen molar-refractivity contribution in [2.45, 2.75) is 26.8 Å². The van der Waals surface area contributed by atoms with Crippen LogP contribution in [0, 0.1) is 12.8 Å². The van der Waals surface area contributed by atoms with E-state index in [1.807, 2.05) is 0 Å². The molecule has 1 aromatic rings. The topological polar surface area (TPSA) is 39.7 Å². The number of hydrogen-bond donors (Lipinski definition) is 2. The van der Waals surface area contributed by atoms with Crippen molar-refractivity contribution in [2.75, 3.05) is 33.2 Å². The van der Waals surface area contributed by atoms with E-state index in [9.17, 15) is 0 Å². The SMILES string of the molecule is CCNC(=NCc1sccc1C)NCC1CCN(C)C1.I. The van der Waals surface area contributed by atoms with Gasteiger partial charge in [0.05, 0.1) is 6.54 Å². The molecule has 1 aliphatic heterocycles. The van der Waals surface area contributed by atoms with Gasteiger partial charge in [-0.05, 0) is 56.8 Å². The molecule has 21 heavy (non-hydrogen) atoms. The first-order chi connectivity index (χ1) is 9.69. The van der Waals surface area contributed by atoms with E-state index in [0.29, 0.717) is 0 Å². The van der Waals surface area contributed by atoms with Crippen molar-refractivity contribution in [3.63, 3.8) is 0 Å². The van der Waals surface area contributed by atoms with Gasteiger partial charge in [-0.25, -0.2) is 4.99 Å². The Kier molecular flexibility index (Phi) is 8.58. The smallest absolute Gasteiger partial charge is 0.191 e. The molecule has 0 bridgehead atoms. The van der Waals surface area contributed by atoms with Gasteiger partial charge in [-0.15, -0.1) is 35.3 Å². The Morgan fingerprint density at radius 1 is 1.48 bits per heavy atom. The van der Waals surface area contributed by atoms with Gasteiger partial charge in [0.2, 0.25) is 0 Å². The summed E-state index contributed by atoms with van der Waals surface area (Å²) in [6.45, 7) is 9.35. The molecule has 0 aliphatic carbocycles. The summed E-state index contributed by atoms with van der Waals surface area (Å²) in [5.41, 5.74) is 1.34. The van der Waals surface area contributed by atoms with Crippen LogP contribution in [0.25, 0.3) is 0 Å². The minimum absolute atomic E-state index is 0. The number of aliphatic imine (C=N–C) groups is 1. The van der Waals surface area contributed by atoms with Gasteiger partial charge in [0, 0.05) is 24.5 Å². The molecule has 1 saturated heterocycles. The second-order valence-corrected chi connectivity index (χ2v) is 6.52. The van der Waals surface area contributed by atoms with E-state index >= 15 is 0 Å². The third-order valence-corrected chi connectivity index (χ3v) is 4.75. The summed E-state index contributed by atoms with van der Waals surface area (Å²) in [5, 5.41) is 8.95. The summed E-state index contributed by atoms with van der Waals surface area (Å²) in [7, 11) is 2.19. The van der Waals surface area contributed by atoms with Gasteiger partial charge < -0.3 is 15.5 Å². The highest BCUT2D eigenvalue weighted by Gasteiger charge is 2.19. The fraction of sp³-hybridized carbons (Fsp3) is 0.667. The molecule has 0 radical (unpaired) electrons. The first kappa shape index (κ1) is 18.7. The number of nitrogens with one attached hydrogen (secondary N) is 2. The van der Waals surface area contributed by atoms with Crippen molar-refractivity contribution in [3.8, 4) is 0 Å². The van der Waals surface area contributed by atoms with Crippen LogP contribution in [0.4, 0.5) is 0 Å². The van der Waals surface area contributed by atoms with Crippen molar-refractivity contribution in [1.29, 1.82) is 0 Å². The summed E-state index contributed by atoms with van der Waals surface area (Å²) in [6, 6.07) is 2.16. The molecule has 4 nitrogen and oxygen atoms in total. The zero-order valence-corrected chi connectivity index (χ0v) is 16.3. The van der Waals surface area contributed by atoms with Gasteiger partial charge in [0.1, 0.15) is 0 Å². The fourth-order valence-electron chi connectivity index (χ4n) is 2.49. The Morgan fingerprint density at radius 3 is 2.86 bits per heavy atom. The van der Waals surface area contributed by atoms with Crippen molar-refractivity contribution < 1.29 is 0 Å². The zero-order valence-electron chi connectivity index (χ0n) is 13.2. The van der Waals surface area contributed by atoms with E-state index in [4.69, 9.17) is 0 Å². The van der Waals surface area contributed by atoms with E-state index in [0.717, 1.165) is 31.5 Å². The number of halogens is 1.